The second kappa shape index (κ2) is 9.72. The molecule has 0 aromatic heterocycles. The first kappa shape index (κ1) is 19.7. The van der Waals surface area contributed by atoms with Gasteiger partial charge in [-0.1, -0.05) is 6.07 Å². The Morgan fingerprint density at radius 1 is 1.08 bits per heavy atom. The first-order valence-corrected chi connectivity index (χ1v) is 8.96. The average Bonchev–Trinajstić information content (AvgIpc) is 2.66. The van der Waals surface area contributed by atoms with Crippen LogP contribution in [0.3, 0.4) is 0 Å². The van der Waals surface area contributed by atoms with Crippen molar-refractivity contribution in [3.8, 4) is 11.5 Å². The molecule has 6 nitrogen and oxygen atoms in total. The number of nitrogens with one attached hydrogen (secondary N) is 1. The topological polar surface area (TPSA) is 84.9 Å². The summed E-state index contributed by atoms with van der Waals surface area (Å²) in [5, 5.41) is 11.9. The van der Waals surface area contributed by atoms with Gasteiger partial charge in [0.15, 0.2) is 0 Å². The molecule has 0 unspecified atom stereocenters. The molecule has 0 atom stereocenters. The van der Waals surface area contributed by atoms with E-state index in [-0.39, 0.29) is 11.5 Å². The van der Waals surface area contributed by atoms with Crippen LogP contribution < -0.4 is 14.8 Å². The van der Waals surface area contributed by atoms with Gasteiger partial charge in [-0.2, -0.15) is 0 Å². The molecule has 0 heterocycles. The third-order valence-electron chi connectivity index (χ3n) is 3.68. The van der Waals surface area contributed by atoms with Gasteiger partial charge in [-0.05, 0) is 48.4 Å². The lowest BCUT2D eigenvalue weighted by Crippen LogP contribution is -2.27. The Balaban J connectivity index is 1.79. The van der Waals surface area contributed by atoms with Crippen molar-refractivity contribution < 1.29 is 24.2 Å². The maximum absolute atomic E-state index is 12.0. The highest BCUT2D eigenvalue weighted by atomic mass is 32.2. The number of aromatic carboxylic acids is 1. The van der Waals surface area contributed by atoms with E-state index in [2.05, 4.69) is 5.32 Å². The molecule has 26 heavy (non-hydrogen) atoms. The molecule has 0 spiro atoms. The van der Waals surface area contributed by atoms with Crippen LogP contribution in [-0.4, -0.2) is 43.5 Å². The molecule has 2 N–H and O–H groups in total. The molecular formula is C19H21NO5S. The smallest absolute Gasteiger partial charge is 0.335 e. The molecule has 0 aliphatic carbocycles. The molecule has 2 aromatic carbocycles. The zero-order chi connectivity index (χ0) is 18.9. The molecule has 1 amide bonds. The molecule has 0 saturated carbocycles. The summed E-state index contributed by atoms with van der Waals surface area (Å²) in [6.07, 6.45) is 0.558. The largest absolute Gasteiger partial charge is 0.497 e. The SMILES string of the molecule is COc1ccc(SCC(=O)NCCc2ccc(C(=O)O)cc2OC)cc1. The Labute approximate surface area is 156 Å². The summed E-state index contributed by atoms with van der Waals surface area (Å²) in [6, 6.07) is 12.2. The van der Waals surface area contributed by atoms with Gasteiger partial charge >= 0.3 is 5.97 Å². The van der Waals surface area contributed by atoms with Crippen LogP contribution in [0.1, 0.15) is 15.9 Å². The lowest BCUT2D eigenvalue weighted by molar-refractivity contribution is -0.118. The highest BCUT2D eigenvalue weighted by Gasteiger charge is 2.09. The fourth-order valence-corrected chi connectivity index (χ4v) is 3.02. The molecular weight excluding hydrogens is 354 g/mol. The maximum atomic E-state index is 12.0. The fourth-order valence-electron chi connectivity index (χ4n) is 2.29. The number of rotatable bonds is 9. The number of thioether (sulfide) groups is 1. The van der Waals surface area contributed by atoms with Gasteiger partial charge in [0.2, 0.25) is 5.91 Å². The van der Waals surface area contributed by atoms with E-state index in [1.54, 1.807) is 13.2 Å². The predicted molar refractivity (Wildman–Crippen MR) is 100 cm³/mol. The van der Waals surface area contributed by atoms with E-state index in [1.165, 1.54) is 31.0 Å². The van der Waals surface area contributed by atoms with Crippen LogP contribution in [0.2, 0.25) is 0 Å². The van der Waals surface area contributed by atoms with Crippen LogP contribution >= 0.6 is 11.8 Å². The van der Waals surface area contributed by atoms with Gasteiger partial charge in [0.1, 0.15) is 11.5 Å². The van der Waals surface area contributed by atoms with Crippen molar-refractivity contribution in [1.82, 2.24) is 5.32 Å². The van der Waals surface area contributed by atoms with Gasteiger partial charge in [-0.15, -0.1) is 11.8 Å². The second-order valence-electron chi connectivity index (χ2n) is 5.40. The van der Waals surface area contributed by atoms with Crippen molar-refractivity contribution in [2.24, 2.45) is 0 Å². The average molecular weight is 375 g/mol. The Morgan fingerprint density at radius 2 is 1.81 bits per heavy atom. The van der Waals surface area contributed by atoms with Crippen molar-refractivity contribution >= 4 is 23.6 Å². The van der Waals surface area contributed by atoms with Crippen molar-refractivity contribution in [2.75, 3.05) is 26.5 Å². The summed E-state index contributed by atoms with van der Waals surface area (Å²) in [5.74, 6) is 0.542. The number of hydrogen-bond acceptors (Lipinski definition) is 5. The Hall–Kier alpha value is -2.67. The second-order valence-corrected chi connectivity index (χ2v) is 6.44. The van der Waals surface area contributed by atoms with Gasteiger partial charge in [-0.25, -0.2) is 4.79 Å². The Morgan fingerprint density at radius 3 is 2.42 bits per heavy atom. The summed E-state index contributed by atoms with van der Waals surface area (Å²) in [4.78, 5) is 23.9. The summed E-state index contributed by atoms with van der Waals surface area (Å²) >= 11 is 1.45. The lowest BCUT2D eigenvalue weighted by atomic mass is 10.1. The molecule has 138 valence electrons. The quantitative estimate of drug-likeness (QED) is 0.656. The van der Waals surface area contributed by atoms with Crippen LogP contribution in [0, 0.1) is 0 Å². The first-order valence-electron chi connectivity index (χ1n) is 7.97. The normalized spacial score (nSPS) is 10.2. The first-order chi connectivity index (χ1) is 12.5. The summed E-state index contributed by atoms with van der Waals surface area (Å²) in [5.41, 5.74) is 1.02. The zero-order valence-corrected chi connectivity index (χ0v) is 15.5. The molecule has 0 aliphatic rings. The van der Waals surface area contributed by atoms with E-state index in [0.29, 0.717) is 24.5 Å². The molecule has 0 saturated heterocycles. The van der Waals surface area contributed by atoms with Gasteiger partial charge < -0.3 is 19.9 Å². The number of methoxy groups -OCH3 is 2. The number of ether oxygens (including phenoxy) is 2. The zero-order valence-electron chi connectivity index (χ0n) is 14.7. The third-order valence-corrected chi connectivity index (χ3v) is 4.69. The molecule has 7 heteroatoms. The minimum atomic E-state index is -1.00. The lowest BCUT2D eigenvalue weighted by Gasteiger charge is -2.10. The standard InChI is InChI=1S/C19H21NO5S/c1-24-15-5-7-16(8-6-15)26-12-18(21)20-10-9-13-3-4-14(19(22)23)11-17(13)25-2/h3-8,11H,9-10,12H2,1-2H3,(H,20,21)(H,22,23). The number of amides is 1. The van der Waals surface area contributed by atoms with Gasteiger partial charge in [-0.3, -0.25) is 4.79 Å². The summed E-state index contributed by atoms with van der Waals surface area (Å²) in [7, 11) is 3.11. The minimum Gasteiger partial charge on any atom is -0.497 e. The molecule has 2 rings (SSSR count). The number of carboxylic acid groups (broad SMARTS) is 1. The highest BCUT2D eigenvalue weighted by Crippen LogP contribution is 2.22. The van der Waals surface area contributed by atoms with Crippen molar-refractivity contribution in [3.63, 3.8) is 0 Å². The Bertz CT molecular complexity index is 761. The monoisotopic (exact) mass is 375 g/mol. The van der Waals surface area contributed by atoms with E-state index in [9.17, 15) is 9.59 Å². The van der Waals surface area contributed by atoms with E-state index >= 15 is 0 Å². The van der Waals surface area contributed by atoms with Gasteiger partial charge in [0.05, 0.1) is 25.5 Å². The summed E-state index contributed by atoms with van der Waals surface area (Å²) in [6.45, 7) is 0.449. The van der Waals surface area contributed by atoms with Gasteiger partial charge in [0.25, 0.3) is 0 Å². The van der Waals surface area contributed by atoms with Crippen molar-refractivity contribution in [1.29, 1.82) is 0 Å². The van der Waals surface area contributed by atoms with Crippen molar-refractivity contribution in [3.05, 3.63) is 53.6 Å². The van der Waals surface area contributed by atoms with Crippen LogP contribution in [0.15, 0.2) is 47.4 Å². The van der Waals surface area contributed by atoms with Crippen LogP contribution in [-0.2, 0) is 11.2 Å². The molecule has 2 aromatic rings. The fraction of sp³-hybridized carbons (Fsp3) is 0.263. The number of carboxylic acids is 1. The summed E-state index contributed by atoms with van der Waals surface area (Å²) < 4.78 is 10.3. The maximum Gasteiger partial charge on any atom is 0.335 e. The van der Waals surface area contributed by atoms with Gasteiger partial charge in [0, 0.05) is 11.4 Å². The number of carbonyl (C=O) groups is 2. The predicted octanol–water partition coefficient (Wildman–Crippen LogP) is 2.85. The van der Waals surface area contributed by atoms with E-state index < -0.39 is 5.97 Å². The van der Waals surface area contributed by atoms with E-state index in [1.807, 2.05) is 24.3 Å². The third kappa shape index (κ3) is 5.70. The van der Waals surface area contributed by atoms with Crippen LogP contribution in [0.4, 0.5) is 0 Å². The molecule has 0 fully saturated rings. The van der Waals surface area contributed by atoms with E-state index in [4.69, 9.17) is 14.6 Å². The number of benzene rings is 2. The molecule has 0 radical (unpaired) electrons. The molecule has 0 aliphatic heterocycles. The Kier molecular flexibility index (Phi) is 7.35. The van der Waals surface area contributed by atoms with Crippen LogP contribution in [0.25, 0.3) is 0 Å². The number of hydrogen-bond donors (Lipinski definition) is 2. The van der Waals surface area contributed by atoms with Crippen LogP contribution in [0.5, 0.6) is 11.5 Å². The minimum absolute atomic E-state index is 0.0630. The van der Waals surface area contributed by atoms with Crippen molar-refractivity contribution in [2.45, 2.75) is 11.3 Å². The highest BCUT2D eigenvalue weighted by molar-refractivity contribution is 8.00. The number of carbonyl (C=O) groups excluding carboxylic acids is 1. The van der Waals surface area contributed by atoms with E-state index in [0.717, 1.165) is 16.2 Å². The molecule has 0 bridgehead atoms.